The molecule has 26 nitrogen and oxygen atoms in total. The number of hydrogen-bond acceptors (Lipinski definition) is 20. The maximum Gasteiger partial charge on any atom is 0.407 e. The number of rotatable bonds is 31. The molecule has 562 valence electrons. The molecule has 6 N–H and O–H groups in total. The van der Waals surface area contributed by atoms with Gasteiger partial charge >= 0.3 is 19.8 Å². The molecule has 0 bridgehead atoms. The quantitative estimate of drug-likeness (QED) is 0.0225. The SMILES string of the molecule is CCC.CCc1ccccc1.COc1ccc(S(=O)(=O)N(CC(C)C)C[C@@H](O)[C@H](Cc2ccccc2)NC(=O)O[C@H]2CO[C@H]3OCC[C@H]32)cc1OCP(=O)(O)O.COc1ccc(S(=O)(=O)N(CC(C)C)C[C@@H](O)[C@H](Cc2ccccc2)NC(=O)O[C@H]2CO[C@H]3OCC[C@H]32)cc1OCP(C)(C)=O. The lowest BCUT2D eigenvalue weighted by Crippen LogP contribution is -2.51. The summed E-state index contributed by atoms with van der Waals surface area (Å²) in [6.07, 6.45) is -2.80. The van der Waals surface area contributed by atoms with Gasteiger partial charge in [-0.15, -0.1) is 0 Å². The van der Waals surface area contributed by atoms with Gasteiger partial charge in [0, 0.05) is 38.3 Å². The van der Waals surface area contributed by atoms with Gasteiger partial charge < -0.3 is 82.6 Å². The van der Waals surface area contributed by atoms with Crippen molar-refractivity contribution in [2.45, 2.75) is 146 Å². The van der Waals surface area contributed by atoms with Crippen LogP contribution in [0, 0.1) is 23.7 Å². The Morgan fingerprint density at radius 1 is 0.545 bits per heavy atom. The minimum absolute atomic E-state index is 0.0229. The predicted molar refractivity (Wildman–Crippen MR) is 382 cm³/mol. The van der Waals surface area contributed by atoms with Crippen molar-refractivity contribution in [2.75, 3.05) is 92.9 Å². The first-order valence-corrected chi connectivity index (χ1v) is 41.4. The lowest BCUT2D eigenvalue weighted by Gasteiger charge is -2.31. The summed E-state index contributed by atoms with van der Waals surface area (Å²) in [7, 11) is -12.9. The van der Waals surface area contributed by atoms with Crippen molar-refractivity contribution in [3.05, 3.63) is 144 Å². The molecule has 5 aromatic rings. The van der Waals surface area contributed by atoms with E-state index in [1.807, 2.05) is 94.4 Å². The van der Waals surface area contributed by atoms with Crippen LogP contribution >= 0.6 is 14.7 Å². The highest BCUT2D eigenvalue weighted by atomic mass is 32.2. The molecule has 4 saturated heterocycles. The number of carbonyl (C=O) groups excluding carboxylic acids is 2. The standard InChI is InChI=1S/C31H45N2O10PS.C29H41N2O12PS.C8H10.C3H8/c1-21(2)17-33(45(37,38)23-11-12-27(39-3)28(16-23)42-20-44(4,5)36)18-26(34)25(15-22-9-7-6-8-10-22)32-31(35)43-29-19-41-30-24(29)13-14-40-30;1-19(2)15-31(45(37,38)21-9-10-25(39-3)26(14-21)42-18-44(34,35)36)16-24(32)23(13-20-7-5-4-6-8-20)30-29(33)43-27-17-41-28-22(27)11-12-40-28;1-2-8-6-4-3-5-7-8;1-3-2/h6-12,16,21,24-26,29-30,34H,13-15,17-20H2,1-5H3,(H,32,35);4-10,14,19,22-24,27-28,32H,11-13,15-18H2,1-3H3,(H,30,33)(H2,34,35,36);3-7H,2H2,1H3;3H2,1-2H3/t24-,25-,26+,29-,30+;22-,23-,24+,27-,28+;;/m00../s1. The van der Waals surface area contributed by atoms with Gasteiger partial charge in [0.05, 0.1) is 86.6 Å². The van der Waals surface area contributed by atoms with Gasteiger partial charge in [-0.05, 0) is 98.2 Å². The van der Waals surface area contributed by atoms with Crippen LogP contribution in [0.3, 0.4) is 0 Å². The molecule has 10 atom stereocenters. The van der Waals surface area contributed by atoms with E-state index in [4.69, 9.17) is 47.4 Å². The fourth-order valence-electron chi connectivity index (χ4n) is 11.3. The molecule has 0 aliphatic carbocycles. The van der Waals surface area contributed by atoms with Crippen LogP contribution in [0.1, 0.15) is 84.4 Å². The molecule has 101 heavy (non-hydrogen) atoms. The number of fused-ring (bicyclic) bond motifs is 2. The zero-order valence-corrected chi connectivity index (χ0v) is 63.0. The maximum atomic E-state index is 14.0. The van der Waals surface area contributed by atoms with Crippen molar-refractivity contribution in [1.29, 1.82) is 0 Å². The van der Waals surface area contributed by atoms with E-state index in [0.29, 0.717) is 25.4 Å². The second kappa shape index (κ2) is 40.2. The number of benzene rings is 5. The van der Waals surface area contributed by atoms with E-state index in [2.05, 4.69) is 55.7 Å². The van der Waals surface area contributed by atoms with E-state index in [1.165, 1.54) is 60.8 Å². The first-order chi connectivity index (χ1) is 47.9. The summed E-state index contributed by atoms with van der Waals surface area (Å²) in [5, 5.41) is 28.5. The van der Waals surface area contributed by atoms with E-state index in [-0.39, 0.29) is 116 Å². The molecule has 4 heterocycles. The van der Waals surface area contributed by atoms with Gasteiger partial charge in [-0.25, -0.2) is 26.4 Å². The number of aliphatic hydroxyl groups is 2. The van der Waals surface area contributed by atoms with Crippen molar-refractivity contribution >= 4 is 47.0 Å². The molecule has 4 fully saturated rings. The molecule has 0 radical (unpaired) electrons. The minimum Gasteiger partial charge on any atom is -0.493 e. The van der Waals surface area contributed by atoms with Crippen LogP contribution in [0.4, 0.5) is 9.59 Å². The Labute approximate surface area is 595 Å². The molecule has 4 aliphatic rings. The summed E-state index contributed by atoms with van der Waals surface area (Å²) >= 11 is 0. The van der Waals surface area contributed by atoms with Gasteiger partial charge in [0.1, 0.15) is 25.7 Å². The van der Waals surface area contributed by atoms with E-state index < -0.39 is 96.1 Å². The molecule has 30 heteroatoms. The normalized spacial score (nSPS) is 20.0. The number of hydrogen-bond donors (Lipinski definition) is 6. The molecule has 4 aliphatic heterocycles. The molecular formula is C71H104N4O22P2S2. The van der Waals surface area contributed by atoms with E-state index in [0.717, 1.165) is 34.3 Å². The number of nitrogens with zero attached hydrogens (tertiary/aromatic N) is 2. The highest BCUT2D eigenvalue weighted by molar-refractivity contribution is 7.89. The summed E-state index contributed by atoms with van der Waals surface area (Å²) in [6.45, 7) is 17.8. The van der Waals surface area contributed by atoms with Gasteiger partial charge in [0.15, 0.2) is 41.9 Å². The molecule has 9 rings (SSSR count). The third kappa shape index (κ3) is 26.8. The third-order valence-electron chi connectivity index (χ3n) is 16.3. The highest BCUT2D eigenvalue weighted by Gasteiger charge is 2.46. The van der Waals surface area contributed by atoms with Crippen molar-refractivity contribution in [3.63, 3.8) is 0 Å². The Kier molecular flexibility index (Phi) is 33.3. The van der Waals surface area contributed by atoms with E-state index in [1.54, 1.807) is 13.3 Å². The summed E-state index contributed by atoms with van der Waals surface area (Å²) < 4.78 is 137. The van der Waals surface area contributed by atoms with Gasteiger partial charge in [0.2, 0.25) is 20.0 Å². The van der Waals surface area contributed by atoms with Crippen molar-refractivity contribution in [2.24, 2.45) is 23.7 Å². The number of aliphatic hydroxyl groups excluding tert-OH is 2. The number of aryl methyl sites for hydroxylation is 1. The van der Waals surface area contributed by atoms with Gasteiger partial charge in [-0.3, -0.25) is 4.57 Å². The number of sulfonamides is 2. The average Bonchev–Trinajstić information content (AvgIpc) is 1.71. The lowest BCUT2D eigenvalue weighted by molar-refractivity contribution is -0.0909. The van der Waals surface area contributed by atoms with Crippen LogP contribution in [0.25, 0.3) is 0 Å². The smallest absolute Gasteiger partial charge is 0.407 e. The van der Waals surface area contributed by atoms with Crippen LogP contribution in [-0.4, -0.2) is 200 Å². The molecule has 0 unspecified atom stereocenters. The highest BCUT2D eigenvalue weighted by Crippen LogP contribution is 2.41. The number of methoxy groups -OCH3 is 2. The van der Waals surface area contributed by atoms with Crippen LogP contribution in [0.15, 0.2) is 137 Å². The number of ether oxygens (including phenoxy) is 10. The third-order valence-corrected chi connectivity index (χ3v) is 21.1. The van der Waals surface area contributed by atoms with Crippen LogP contribution < -0.4 is 29.6 Å². The Morgan fingerprint density at radius 3 is 1.24 bits per heavy atom. The van der Waals surface area contributed by atoms with E-state index in [9.17, 15) is 55.6 Å². The second-order valence-corrected chi connectivity index (χ2v) is 35.2. The second-order valence-electron chi connectivity index (χ2n) is 26.3. The Morgan fingerprint density at radius 2 is 0.911 bits per heavy atom. The summed E-state index contributed by atoms with van der Waals surface area (Å²) in [6, 6.07) is 35.0. The average molecular weight is 1490 g/mol. The molecule has 0 aromatic heterocycles. The first-order valence-electron chi connectivity index (χ1n) is 34.0. The molecule has 0 spiro atoms. The van der Waals surface area contributed by atoms with Crippen LogP contribution in [-0.2, 0) is 76.9 Å². The van der Waals surface area contributed by atoms with Gasteiger partial charge in [0.25, 0.3) is 0 Å². The predicted octanol–water partition coefficient (Wildman–Crippen LogP) is 9.74. The molecular weight excluding hydrogens is 1390 g/mol. The van der Waals surface area contributed by atoms with Crippen molar-refractivity contribution in [1.82, 2.24) is 19.2 Å². The largest absolute Gasteiger partial charge is 0.493 e. The van der Waals surface area contributed by atoms with E-state index >= 15 is 0 Å². The van der Waals surface area contributed by atoms with Crippen molar-refractivity contribution in [3.8, 4) is 23.0 Å². The summed E-state index contributed by atoms with van der Waals surface area (Å²) in [5.74, 6) is -0.0292. The van der Waals surface area contributed by atoms with Gasteiger partial charge in [-0.2, -0.15) is 8.61 Å². The topological polar surface area (TPSA) is 340 Å². The first kappa shape index (κ1) is 83.7. The molecule has 2 amide bonds. The maximum absolute atomic E-state index is 14.0. The summed E-state index contributed by atoms with van der Waals surface area (Å²) in [5.41, 5.74) is 3.05. The fourth-order valence-corrected chi connectivity index (χ4v) is 15.4. The molecule has 0 saturated carbocycles. The lowest BCUT2D eigenvalue weighted by atomic mass is 10.0. The van der Waals surface area contributed by atoms with Gasteiger partial charge in [-0.1, -0.05) is 146 Å². The number of alkyl carbamates (subject to hydrolysis) is 2. The Hall–Kier alpha value is -6.20. The van der Waals surface area contributed by atoms with Crippen molar-refractivity contribution < 1.29 is 103 Å². The Bertz CT molecular complexity index is 3450. The number of carbonyl (C=O) groups is 2. The zero-order chi connectivity index (χ0) is 74.1. The number of nitrogens with one attached hydrogen (secondary N) is 2. The zero-order valence-electron chi connectivity index (χ0n) is 59.6. The minimum atomic E-state index is -4.57. The van der Waals surface area contributed by atoms with Crippen LogP contribution in [0.5, 0.6) is 23.0 Å². The van der Waals surface area contributed by atoms with Crippen LogP contribution in [0.2, 0.25) is 0 Å². The monoisotopic (exact) mass is 1490 g/mol. The number of amides is 2. The summed E-state index contributed by atoms with van der Waals surface area (Å²) in [4.78, 5) is 44.3. The Balaban J connectivity index is 0.000000276. The molecule has 5 aromatic carbocycles. The fraction of sp³-hybridized carbons (Fsp3) is 0.549.